The van der Waals surface area contributed by atoms with Gasteiger partial charge in [0.2, 0.25) is 0 Å². The van der Waals surface area contributed by atoms with E-state index in [1.54, 1.807) is 0 Å². The van der Waals surface area contributed by atoms with Crippen molar-refractivity contribution in [3.8, 4) is 0 Å². The molecule has 0 aliphatic rings. The lowest BCUT2D eigenvalue weighted by Gasteiger charge is -2.33. The van der Waals surface area contributed by atoms with Gasteiger partial charge in [0, 0.05) is 11.8 Å². The van der Waals surface area contributed by atoms with Crippen LogP contribution in [0.5, 0.6) is 0 Å². The zero-order valence-corrected chi connectivity index (χ0v) is 11.2. The van der Waals surface area contributed by atoms with Crippen molar-refractivity contribution < 1.29 is 15.3 Å². The highest BCUT2D eigenvalue weighted by molar-refractivity contribution is 4.81. The standard InChI is InChI=1S/C13H28O3/c1-6-8(3)12(15)10(5)13(16)9(4)11(14)7-2/h8-16H,6-7H2,1-5H3/t8-,9+,10+,11+,12+,13-/m1/s1. The third kappa shape index (κ3) is 4.04. The van der Waals surface area contributed by atoms with Gasteiger partial charge in [-0.1, -0.05) is 41.0 Å². The van der Waals surface area contributed by atoms with Crippen molar-refractivity contribution in [3.05, 3.63) is 0 Å². The Labute approximate surface area is 99.5 Å². The van der Waals surface area contributed by atoms with Crippen LogP contribution in [0.4, 0.5) is 0 Å². The van der Waals surface area contributed by atoms with Gasteiger partial charge in [-0.15, -0.1) is 0 Å². The van der Waals surface area contributed by atoms with E-state index in [9.17, 15) is 15.3 Å². The molecule has 0 saturated heterocycles. The molecule has 3 N–H and O–H groups in total. The minimum atomic E-state index is -0.654. The smallest absolute Gasteiger partial charge is 0.0640 e. The summed E-state index contributed by atoms with van der Waals surface area (Å²) in [5.41, 5.74) is 0. The Hall–Kier alpha value is -0.120. The summed E-state index contributed by atoms with van der Waals surface area (Å²) in [4.78, 5) is 0. The van der Waals surface area contributed by atoms with Crippen LogP contribution in [0.25, 0.3) is 0 Å². The molecule has 0 amide bonds. The van der Waals surface area contributed by atoms with Crippen LogP contribution in [-0.4, -0.2) is 33.6 Å². The van der Waals surface area contributed by atoms with Gasteiger partial charge in [0.05, 0.1) is 18.3 Å². The molecule has 0 aromatic rings. The highest BCUT2D eigenvalue weighted by Crippen LogP contribution is 2.25. The van der Waals surface area contributed by atoms with Gasteiger partial charge in [0.25, 0.3) is 0 Å². The van der Waals surface area contributed by atoms with Gasteiger partial charge in [-0.3, -0.25) is 0 Å². The molecule has 0 spiro atoms. The first kappa shape index (κ1) is 15.9. The first-order chi connectivity index (χ1) is 7.36. The fourth-order valence-electron chi connectivity index (χ4n) is 2.04. The van der Waals surface area contributed by atoms with Gasteiger partial charge in [-0.2, -0.15) is 0 Å². The Morgan fingerprint density at radius 2 is 1.25 bits per heavy atom. The predicted octanol–water partition coefficient (Wildman–Crippen LogP) is 1.80. The minimum absolute atomic E-state index is 0.176. The molecule has 0 aromatic heterocycles. The van der Waals surface area contributed by atoms with E-state index in [1.165, 1.54) is 0 Å². The number of aliphatic hydroxyl groups is 3. The quantitative estimate of drug-likeness (QED) is 0.627. The van der Waals surface area contributed by atoms with Crippen LogP contribution in [0, 0.1) is 17.8 Å². The molecule has 0 unspecified atom stereocenters. The van der Waals surface area contributed by atoms with Crippen LogP contribution in [0.1, 0.15) is 47.5 Å². The molecule has 0 aliphatic carbocycles. The van der Waals surface area contributed by atoms with E-state index in [-0.39, 0.29) is 17.8 Å². The average molecular weight is 232 g/mol. The highest BCUT2D eigenvalue weighted by Gasteiger charge is 2.32. The normalized spacial score (nSPS) is 23.2. The van der Waals surface area contributed by atoms with Crippen molar-refractivity contribution in [2.75, 3.05) is 0 Å². The number of aliphatic hydroxyl groups excluding tert-OH is 3. The van der Waals surface area contributed by atoms with E-state index in [1.807, 2.05) is 34.6 Å². The Morgan fingerprint density at radius 1 is 0.750 bits per heavy atom. The molecular formula is C13H28O3. The minimum Gasteiger partial charge on any atom is -0.393 e. The third-order valence-corrected chi connectivity index (χ3v) is 3.87. The van der Waals surface area contributed by atoms with Crippen LogP contribution >= 0.6 is 0 Å². The van der Waals surface area contributed by atoms with E-state index in [0.717, 1.165) is 6.42 Å². The van der Waals surface area contributed by atoms with Crippen LogP contribution in [-0.2, 0) is 0 Å². The zero-order valence-electron chi connectivity index (χ0n) is 11.2. The number of hydrogen-bond donors (Lipinski definition) is 3. The topological polar surface area (TPSA) is 60.7 Å². The van der Waals surface area contributed by atoms with Gasteiger partial charge in [-0.25, -0.2) is 0 Å². The van der Waals surface area contributed by atoms with Crippen LogP contribution in [0.2, 0.25) is 0 Å². The number of hydrogen-bond acceptors (Lipinski definition) is 3. The molecule has 0 aliphatic heterocycles. The van der Waals surface area contributed by atoms with E-state index >= 15 is 0 Å². The van der Waals surface area contributed by atoms with E-state index < -0.39 is 18.3 Å². The third-order valence-electron chi connectivity index (χ3n) is 3.87. The van der Waals surface area contributed by atoms with Gasteiger partial charge < -0.3 is 15.3 Å². The molecule has 0 fully saturated rings. The zero-order chi connectivity index (χ0) is 12.9. The molecule has 0 rings (SSSR count). The van der Waals surface area contributed by atoms with Crippen molar-refractivity contribution in [2.24, 2.45) is 17.8 Å². The first-order valence-corrected chi connectivity index (χ1v) is 6.40. The Bertz CT molecular complexity index is 164. The molecule has 0 aromatic carbocycles. The Morgan fingerprint density at radius 3 is 1.62 bits per heavy atom. The lowest BCUT2D eigenvalue weighted by Crippen LogP contribution is -2.41. The summed E-state index contributed by atoms with van der Waals surface area (Å²) in [6.45, 7) is 9.58. The maximum absolute atomic E-state index is 10.1. The molecule has 3 heteroatoms. The molecular weight excluding hydrogens is 204 g/mol. The molecule has 6 atom stereocenters. The van der Waals surface area contributed by atoms with Crippen LogP contribution < -0.4 is 0 Å². The highest BCUT2D eigenvalue weighted by atomic mass is 16.3. The molecule has 3 nitrogen and oxygen atoms in total. The SMILES string of the molecule is CC[C@@H](C)[C@H](O)[C@H](C)[C@H](O)[C@@H](C)[C@@H](O)CC. The summed E-state index contributed by atoms with van der Waals surface area (Å²) >= 11 is 0. The van der Waals surface area contributed by atoms with Crippen molar-refractivity contribution >= 4 is 0 Å². The van der Waals surface area contributed by atoms with Crippen LogP contribution in [0.15, 0.2) is 0 Å². The van der Waals surface area contributed by atoms with Gasteiger partial charge in [-0.05, 0) is 12.3 Å². The average Bonchev–Trinajstić information content (AvgIpc) is 2.32. The Kier molecular flexibility index (Phi) is 7.20. The summed E-state index contributed by atoms with van der Waals surface area (Å²) in [5.74, 6) is -0.222. The van der Waals surface area contributed by atoms with Gasteiger partial charge in [0.15, 0.2) is 0 Å². The second kappa shape index (κ2) is 7.25. The van der Waals surface area contributed by atoms with E-state index in [0.29, 0.717) is 6.42 Å². The second-order valence-corrected chi connectivity index (χ2v) is 5.06. The fraction of sp³-hybridized carbons (Fsp3) is 1.00. The van der Waals surface area contributed by atoms with Gasteiger partial charge in [0.1, 0.15) is 0 Å². The van der Waals surface area contributed by atoms with E-state index in [2.05, 4.69) is 0 Å². The van der Waals surface area contributed by atoms with Crippen LogP contribution in [0.3, 0.4) is 0 Å². The maximum atomic E-state index is 10.1. The molecule has 98 valence electrons. The largest absolute Gasteiger partial charge is 0.393 e. The summed E-state index contributed by atoms with van der Waals surface area (Å²) in [5, 5.41) is 29.8. The van der Waals surface area contributed by atoms with E-state index in [4.69, 9.17) is 0 Å². The molecule has 0 bridgehead atoms. The second-order valence-electron chi connectivity index (χ2n) is 5.06. The van der Waals surface area contributed by atoms with Crippen molar-refractivity contribution in [2.45, 2.75) is 65.8 Å². The summed E-state index contributed by atoms with van der Waals surface area (Å²) in [7, 11) is 0. The molecule has 0 radical (unpaired) electrons. The van der Waals surface area contributed by atoms with Crippen molar-refractivity contribution in [3.63, 3.8) is 0 Å². The molecule has 16 heavy (non-hydrogen) atoms. The molecule has 0 heterocycles. The Balaban J connectivity index is 4.41. The summed E-state index contributed by atoms with van der Waals surface area (Å²) in [6.07, 6.45) is -0.139. The van der Waals surface area contributed by atoms with Crippen molar-refractivity contribution in [1.29, 1.82) is 0 Å². The monoisotopic (exact) mass is 232 g/mol. The first-order valence-electron chi connectivity index (χ1n) is 6.40. The lowest BCUT2D eigenvalue weighted by molar-refractivity contribution is -0.0582. The van der Waals surface area contributed by atoms with Gasteiger partial charge >= 0.3 is 0 Å². The molecule has 0 saturated carbocycles. The maximum Gasteiger partial charge on any atom is 0.0640 e. The fourth-order valence-corrected chi connectivity index (χ4v) is 2.04. The lowest BCUT2D eigenvalue weighted by atomic mass is 9.81. The number of rotatable bonds is 7. The summed E-state index contributed by atoms with van der Waals surface area (Å²) < 4.78 is 0. The summed E-state index contributed by atoms with van der Waals surface area (Å²) in [6, 6.07) is 0. The predicted molar refractivity (Wildman–Crippen MR) is 66.1 cm³/mol. The van der Waals surface area contributed by atoms with Crippen molar-refractivity contribution in [1.82, 2.24) is 0 Å².